The van der Waals surface area contributed by atoms with Crippen LogP contribution in [0.1, 0.15) is 0 Å². The largest absolute Gasteiger partial charge is 0.376 e. The molecule has 20 heavy (non-hydrogen) atoms. The van der Waals surface area contributed by atoms with Crippen molar-refractivity contribution in [3.8, 4) is 11.4 Å². The third kappa shape index (κ3) is 2.08. The Kier molecular flexibility index (Phi) is 3.22. The summed E-state index contributed by atoms with van der Waals surface area (Å²) in [6, 6.07) is 10.6. The Hall–Kier alpha value is -1.88. The van der Waals surface area contributed by atoms with E-state index >= 15 is 0 Å². The van der Waals surface area contributed by atoms with Gasteiger partial charge in [0, 0.05) is 20.3 Å². The lowest BCUT2D eigenvalue weighted by atomic mass is 10.2. The van der Waals surface area contributed by atoms with Crippen LogP contribution in [-0.4, -0.2) is 23.5 Å². The lowest BCUT2D eigenvalue weighted by molar-refractivity contribution is 0.630. The number of halogens is 2. The zero-order valence-corrected chi connectivity index (χ0v) is 12.7. The molecule has 0 aliphatic carbocycles. The molecule has 0 radical (unpaired) electrons. The van der Waals surface area contributed by atoms with Crippen molar-refractivity contribution >= 4 is 27.1 Å². The van der Waals surface area contributed by atoms with Crippen LogP contribution in [-0.2, 0) is 0 Å². The van der Waals surface area contributed by atoms with Crippen LogP contribution >= 0.6 is 15.9 Å². The fraction of sp³-hybridized carbons (Fsp3) is 0.133. The number of rotatable bonds is 2. The van der Waals surface area contributed by atoms with Gasteiger partial charge in [0.25, 0.3) is 0 Å². The smallest absolute Gasteiger partial charge is 0.148 e. The number of pyridine rings is 1. The number of anilines is 1. The molecule has 0 bridgehead atoms. The zero-order chi connectivity index (χ0) is 14.3. The van der Waals surface area contributed by atoms with Gasteiger partial charge in [0.05, 0.1) is 16.8 Å². The van der Waals surface area contributed by atoms with Crippen LogP contribution in [0.25, 0.3) is 16.9 Å². The van der Waals surface area contributed by atoms with E-state index in [1.807, 2.05) is 47.8 Å². The first kappa shape index (κ1) is 13.1. The first-order valence-electron chi connectivity index (χ1n) is 6.18. The molecule has 0 aliphatic rings. The molecule has 2 heterocycles. The zero-order valence-electron chi connectivity index (χ0n) is 11.1. The van der Waals surface area contributed by atoms with Crippen LogP contribution in [0.2, 0.25) is 0 Å². The summed E-state index contributed by atoms with van der Waals surface area (Å²) in [5.74, 6) is 0.316. The van der Waals surface area contributed by atoms with Gasteiger partial charge >= 0.3 is 0 Å². The fourth-order valence-electron chi connectivity index (χ4n) is 2.13. The lowest BCUT2D eigenvalue weighted by Crippen LogP contribution is -2.09. The van der Waals surface area contributed by atoms with Crippen molar-refractivity contribution in [3.63, 3.8) is 0 Å². The van der Waals surface area contributed by atoms with Crippen LogP contribution < -0.4 is 4.90 Å². The minimum atomic E-state index is -0.276. The summed E-state index contributed by atoms with van der Waals surface area (Å²) < 4.78 is 16.6. The average molecular weight is 334 g/mol. The summed E-state index contributed by atoms with van der Waals surface area (Å²) in [5, 5.41) is 0. The number of hydrogen-bond acceptors (Lipinski definition) is 2. The van der Waals surface area contributed by atoms with E-state index < -0.39 is 0 Å². The number of benzene rings is 1. The van der Waals surface area contributed by atoms with Crippen molar-refractivity contribution in [2.45, 2.75) is 0 Å². The predicted molar refractivity (Wildman–Crippen MR) is 82.6 cm³/mol. The minimum absolute atomic E-state index is 0.276. The van der Waals surface area contributed by atoms with Crippen LogP contribution in [0.5, 0.6) is 0 Å². The molecule has 0 saturated carbocycles. The summed E-state index contributed by atoms with van der Waals surface area (Å²) >= 11 is 3.43. The van der Waals surface area contributed by atoms with Crippen LogP contribution in [0, 0.1) is 5.82 Å². The van der Waals surface area contributed by atoms with Crippen molar-refractivity contribution in [2.75, 3.05) is 19.0 Å². The van der Waals surface area contributed by atoms with E-state index in [4.69, 9.17) is 0 Å². The Labute approximate surface area is 124 Å². The monoisotopic (exact) mass is 333 g/mol. The molecule has 2 aromatic heterocycles. The molecule has 0 spiro atoms. The fourth-order valence-corrected chi connectivity index (χ4v) is 2.63. The quantitative estimate of drug-likeness (QED) is 0.707. The third-order valence-electron chi connectivity index (χ3n) is 3.21. The maximum atomic E-state index is 14.0. The van der Waals surface area contributed by atoms with Gasteiger partial charge in [-0.3, -0.25) is 4.40 Å². The van der Waals surface area contributed by atoms with Crippen LogP contribution in [0.4, 0.5) is 10.1 Å². The standard InChI is InChI=1S/C15H13BrFN3/c1-19(2)10-7-8-13-14(16)18-15(20(13)9-10)11-5-3-4-6-12(11)17/h3-9H,1-2H3. The van der Waals surface area contributed by atoms with Gasteiger partial charge in [-0.05, 0) is 40.2 Å². The Balaban J connectivity index is 2.31. The van der Waals surface area contributed by atoms with Gasteiger partial charge in [-0.2, -0.15) is 0 Å². The molecule has 3 rings (SSSR count). The highest BCUT2D eigenvalue weighted by atomic mass is 79.9. The van der Waals surface area contributed by atoms with Gasteiger partial charge in [0.1, 0.15) is 16.2 Å². The molecule has 3 aromatic rings. The minimum Gasteiger partial charge on any atom is -0.376 e. The number of nitrogens with zero attached hydrogens (tertiary/aromatic N) is 3. The molecule has 0 unspecified atom stereocenters. The van der Waals surface area contributed by atoms with Gasteiger partial charge in [-0.15, -0.1) is 0 Å². The number of aromatic nitrogens is 2. The molecular weight excluding hydrogens is 321 g/mol. The lowest BCUT2D eigenvalue weighted by Gasteiger charge is -2.13. The van der Waals surface area contributed by atoms with Crippen LogP contribution in [0.15, 0.2) is 47.2 Å². The highest BCUT2D eigenvalue weighted by molar-refractivity contribution is 9.10. The van der Waals surface area contributed by atoms with E-state index in [-0.39, 0.29) is 5.82 Å². The van der Waals surface area contributed by atoms with E-state index in [1.54, 1.807) is 12.1 Å². The molecule has 0 saturated heterocycles. The number of fused-ring (bicyclic) bond motifs is 1. The second kappa shape index (κ2) is 4.90. The second-order valence-corrected chi connectivity index (χ2v) is 5.49. The third-order valence-corrected chi connectivity index (χ3v) is 3.79. The van der Waals surface area contributed by atoms with Gasteiger partial charge in [-0.1, -0.05) is 12.1 Å². The maximum absolute atomic E-state index is 14.0. The van der Waals surface area contributed by atoms with Crippen LogP contribution in [0.3, 0.4) is 0 Å². The molecule has 102 valence electrons. The molecule has 0 fully saturated rings. The molecule has 1 aromatic carbocycles. The van der Waals surface area contributed by atoms with Gasteiger partial charge < -0.3 is 4.90 Å². The topological polar surface area (TPSA) is 20.5 Å². The van der Waals surface area contributed by atoms with E-state index in [0.717, 1.165) is 11.2 Å². The summed E-state index contributed by atoms with van der Waals surface area (Å²) in [5.41, 5.74) is 2.43. The maximum Gasteiger partial charge on any atom is 0.148 e. The Morgan fingerprint density at radius 3 is 2.60 bits per heavy atom. The molecule has 0 aliphatic heterocycles. The molecule has 5 heteroatoms. The molecule has 0 atom stereocenters. The van der Waals surface area contributed by atoms with Gasteiger partial charge in [0.15, 0.2) is 0 Å². The van der Waals surface area contributed by atoms with E-state index in [0.29, 0.717) is 16.0 Å². The summed E-state index contributed by atoms with van der Waals surface area (Å²) in [6.45, 7) is 0. The Morgan fingerprint density at radius 2 is 1.90 bits per heavy atom. The Bertz CT molecular complexity index is 780. The molecule has 0 N–H and O–H groups in total. The van der Waals surface area contributed by atoms with Crippen molar-refractivity contribution in [1.82, 2.24) is 9.38 Å². The molecule has 3 nitrogen and oxygen atoms in total. The SMILES string of the molecule is CN(C)c1ccc2c(Br)nc(-c3ccccc3F)n2c1. The van der Waals surface area contributed by atoms with Gasteiger partial charge in [-0.25, -0.2) is 9.37 Å². The second-order valence-electron chi connectivity index (χ2n) is 4.74. The predicted octanol–water partition coefficient (Wildman–Crippen LogP) is 3.97. The Morgan fingerprint density at radius 1 is 1.15 bits per heavy atom. The van der Waals surface area contributed by atoms with Crippen molar-refractivity contribution < 1.29 is 4.39 Å². The average Bonchev–Trinajstić information content (AvgIpc) is 2.76. The van der Waals surface area contributed by atoms with Gasteiger partial charge in [0.2, 0.25) is 0 Å². The molecular formula is C15H13BrFN3. The van der Waals surface area contributed by atoms with E-state index in [1.165, 1.54) is 6.07 Å². The number of hydrogen-bond donors (Lipinski definition) is 0. The number of imidazole rings is 1. The van der Waals surface area contributed by atoms with E-state index in [2.05, 4.69) is 20.9 Å². The van der Waals surface area contributed by atoms with Crippen molar-refractivity contribution in [1.29, 1.82) is 0 Å². The molecule has 0 amide bonds. The summed E-state index contributed by atoms with van der Waals surface area (Å²) in [6.07, 6.45) is 1.95. The summed E-state index contributed by atoms with van der Waals surface area (Å²) in [4.78, 5) is 6.44. The first-order valence-corrected chi connectivity index (χ1v) is 6.97. The summed E-state index contributed by atoms with van der Waals surface area (Å²) in [7, 11) is 3.94. The van der Waals surface area contributed by atoms with Crippen molar-refractivity contribution in [2.24, 2.45) is 0 Å². The van der Waals surface area contributed by atoms with Crippen molar-refractivity contribution in [3.05, 3.63) is 53.0 Å². The first-order chi connectivity index (χ1) is 9.58. The van der Waals surface area contributed by atoms with E-state index in [9.17, 15) is 4.39 Å². The highest BCUT2D eigenvalue weighted by Gasteiger charge is 2.14. The normalized spacial score (nSPS) is 11.0. The highest BCUT2D eigenvalue weighted by Crippen LogP contribution is 2.29.